The van der Waals surface area contributed by atoms with Crippen LogP contribution in [-0.2, 0) is 0 Å². The highest BCUT2D eigenvalue weighted by Gasteiger charge is 1.99. The van der Waals surface area contributed by atoms with Crippen molar-refractivity contribution in [3.63, 3.8) is 0 Å². The molecule has 3 nitrogen and oxygen atoms in total. The van der Waals surface area contributed by atoms with E-state index in [2.05, 4.69) is 21.8 Å². The van der Waals surface area contributed by atoms with E-state index >= 15 is 0 Å². The van der Waals surface area contributed by atoms with Gasteiger partial charge in [0.15, 0.2) is 0 Å². The predicted molar refractivity (Wildman–Crippen MR) is 52.9 cm³/mol. The summed E-state index contributed by atoms with van der Waals surface area (Å²) in [6.45, 7) is 3.76. The zero-order valence-corrected chi connectivity index (χ0v) is 7.90. The van der Waals surface area contributed by atoms with Crippen molar-refractivity contribution in [2.24, 2.45) is 15.9 Å². The lowest BCUT2D eigenvalue weighted by Gasteiger charge is -2.12. The number of hydrogen-bond acceptors (Lipinski definition) is 3. The van der Waals surface area contributed by atoms with Crippen molar-refractivity contribution >= 4 is 12.4 Å². The van der Waals surface area contributed by atoms with Crippen LogP contribution in [0.5, 0.6) is 0 Å². The van der Waals surface area contributed by atoms with Crippen LogP contribution in [-0.4, -0.2) is 37.7 Å². The summed E-state index contributed by atoms with van der Waals surface area (Å²) in [5, 5.41) is 0. The van der Waals surface area contributed by atoms with E-state index < -0.39 is 0 Å². The normalized spacial score (nSPS) is 27.3. The Morgan fingerprint density at radius 1 is 1.17 bits per heavy atom. The van der Waals surface area contributed by atoms with Crippen LogP contribution in [0.25, 0.3) is 0 Å². The first-order valence-corrected chi connectivity index (χ1v) is 4.44. The molecule has 68 valence electrons. The van der Waals surface area contributed by atoms with Crippen LogP contribution >= 0.6 is 0 Å². The molecule has 0 aromatic rings. The fraction of sp³-hybridized carbons (Fsp3) is 0.778. The largest absolute Gasteiger partial charge is 0.282 e. The molecule has 0 saturated carbocycles. The summed E-state index contributed by atoms with van der Waals surface area (Å²) < 4.78 is 0. The highest BCUT2D eigenvalue weighted by atomic mass is 15.2. The zero-order valence-electron chi connectivity index (χ0n) is 7.90. The third-order valence-electron chi connectivity index (χ3n) is 1.92. The molecule has 0 spiro atoms. The second-order valence-electron chi connectivity index (χ2n) is 3.45. The van der Waals surface area contributed by atoms with Gasteiger partial charge in [0.25, 0.3) is 0 Å². The molecule has 12 heavy (non-hydrogen) atoms. The molecule has 0 bridgehead atoms. The number of aliphatic imine (C=N–C) groups is 2. The van der Waals surface area contributed by atoms with E-state index in [0.29, 0.717) is 5.92 Å². The Morgan fingerprint density at radius 3 is 2.17 bits per heavy atom. The fourth-order valence-corrected chi connectivity index (χ4v) is 1.04. The molecular formula is C9H17N3. The van der Waals surface area contributed by atoms with Gasteiger partial charge >= 0.3 is 0 Å². The maximum atomic E-state index is 4.29. The average molecular weight is 167 g/mol. The summed E-state index contributed by atoms with van der Waals surface area (Å²) in [5.41, 5.74) is 0. The Balaban J connectivity index is 2.43. The molecule has 0 amide bonds. The van der Waals surface area contributed by atoms with Crippen molar-refractivity contribution in [3.05, 3.63) is 0 Å². The van der Waals surface area contributed by atoms with Crippen LogP contribution in [0.3, 0.4) is 0 Å². The van der Waals surface area contributed by atoms with Gasteiger partial charge in [-0.3, -0.25) is 14.9 Å². The van der Waals surface area contributed by atoms with Gasteiger partial charge in [-0.2, -0.15) is 0 Å². The van der Waals surface area contributed by atoms with Crippen LogP contribution in [0.2, 0.25) is 0 Å². The third kappa shape index (κ3) is 3.62. The Bertz CT molecular complexity index is 139. The smallest absolute Gasteiger partial charge is 0.0917 e. The second-order valence-corrected chi connectivity index (χ2v) is 3.45. The Morgan fingerprint density at radius 2 is 1.67 bits per heavy atom. The maximum Gasteiger partial charge on any atom is 0.0917 e. The summed E-state index contributed by atoms with van der Waals surface area (Å²) in [4.78, 5) is 10.7. The van der Waals surface area contributed by atoms with Crippen molar-refractivity contribution in [2.75, 3.05) is 20.4 Å². The number of nitrogens with zero attached hydrogens (tertiary/aromatic N) is 3. The van der Waals surface area contributed by atoms with E-state index in [0.717, 1.165) is 26.2 Å². The Hall–Kier alpha value is -0.700. The van der Waals surface area contributed by atoms with Gasteiger partial charge in [0.2, 0.25) is 0 Å². The summed E-state index contributed by atoms with van der Waals surface area (Å²) >= 11 is 0. The Kier molecular flexibility index (Phi) is 3.94. The van der Waals surface area contributed by atoms with Crippen molar-refractivity contribution in [2.45, 2.75) is 19.8 Å². The Labute approximate surface area is 74.2 Å². The van der Waals surface area contributed by atoms with E-state index in [1.54, 1.807) is 0 Å². The molecule has 0 unspecified atom stereocenters. The van der Waals surface area contributed by atoms with Gasteiger partial charge in [-0.05, 0) is 25.8 Å². The summed E-state index contributed by atoms with van der Waals surface area (Å²) in [7, 11) is 2.03. The van der Waals surface area contributed by atoms with Crippen molar-refractivity contribution in [1.82, 2.24) is 4.90 Å². The lowest BCUT2D eigenvalue weighted by Crippen LogP contribution is -2.19. The van der Waals surface area contributed by atoms with Gasteiger partial charge < -0.3 is 0 Å². The number of hydrogen-bond donors (Lipinski definition) is 0. The average Bonchev–Trinajstić information content (AvgIpc) is 2.06. The van der Waals surface area contributed by atoms with Crippen LogP contribution < -0.4 is 0 Å². The molecule has 0 aliphatic carbocycles. The molecular weight excluding hydrogens is 150 g/mol. The highest BCUT2D eigenvalue weighted by Crippen LogP contribution is 2.04. The van der Waals surface area contributed by atoms with Crippen LogP contribution in [0, 0.1) is 5.92 Å². The minimum absolute atomic E-state index is 0.681. The minimum Gasteiger partial charge on any atom is -0.282 e. The molecule has 0 radical (unpaired) electrons. The SMILES string of the molecule is CC1CC=NCN(C)CN=CC1. The van der Waals surface area contributed by atoms with Crippen LogP contribution in [0.4, 0.5) is 0 Å². The summed E-state index contributed by atoms with van der Waals surface area (Å²) in [6.07, 6.45) is 6.19. The quantitative estimate of drug-likeness (QED) is 0.536. The van der Waals surface area contributed by atoms with Gasteiger partial charge in [-0.25, -0.2) is 0 Å². The first-order chi connectivity index (χ1) is 5.79. The first-order valence-electron chi connectivity index (χ1n) is 4.44. The first kappa shape index (κ1) is 9.39. The van der Waals surface area contributed by atoms with Gasteiger partial charge in [0, 0.05) is 12.4 Å². The van der Waals surface area contributed by atoms with Gasteiger partial charge in [0.05, 0.1) is 13.3 Å². The predicted octanol–water partition coefficient (Wildman–Crippen LogP) is 1.40. The van der Waals surface area contributed by atoms with Crippen molar-refractivity contribution < 1.29 is 0 Å². The van der Waals surface area contributed by atoms with Crippen molar-refractivity contribution in [3.8, 4) is 0 Å². The van der Waals surface area contributed by atoms with E-state index in [1.807, 2.05) is 19.5 Å². The van der Waals surface area contributed by atoms with Crippen LogP contribution in [0.15, 0.2) is 9.98 Å². The lowest BCUT2D eigenvalue weighted by molar-refractivity contribution is 0.358. The van der Waals surface area contributed by atoms with Gasteiger partial charge in [-0.15, -0.1) is 0 Å². The molecule has 0 saturated heterocycles. The monoisotopic (exact) mass is 167 g/mol. The second kappa shape index (κ2) is 5.04. The molecule has 3 heteroatoms. The molecule has 0 aromatic carbocycles. The van der Waals surface area contributed by atoms with Gasteiger partial charge in [-0.1, -0.05) is 6.92 Å². The molecule has 0 N–H and O–H groups in total. The molecule has 1 rings (SSSR count). The number of rotatable bonds is 0. The highest BCUT2D eigenvalue weighted by molar-refractivity contribution is 5.61. The summed E-state index contributed by atoms with van der Waals surface area (Å²) in [5.74, 6) is 0.681. The summed E-state index contributed by atoms with van der Waals surface area (Å²) in [6, 6.07) is 0. The maximum absolute atomic E-state index is 4.29. The molecule has 1 aliphatic heterocycles. The molecule has 1 aliphatic rings. The van der Waals surface area contributed by atoms with Crippen LogP contribution in [0.1, 0.15) is 19.8 Å². The zero-order chi connectivity index (χ0) is 8.81. The molecule has 0 aromatic heterocycles. The third-order valence-corrected chi connectivity index (χ3v) is 1.92. The molecule has 0 fully saturated rings. The van der Waals surface area contributed by atoms with Gasteiger partial charge in [0.1, 0.15) is 0 Å². The topological polar surface area (TPSA) is 28.0 Å². The fourth-order valence-electron chi connectivity index (χ4n) is 1.04. The van der Waals surface area contributed by atoms with Crippen molar-refractivity contribution in [1.29, 1.82) is 0 Å². The molecule has 0 atom stereocenters. The van der Waals surface area contributed by atoms with E-state index in [-0.39, 0.29) is 0 Å². The standard InChI is InChI=1S/C9H17N3/c1-9-3-5-10-7-12(2)8-11-6-4-9/h5-6,9H,3-4,7-8H2,1-2H3. The minimum atomic E-state index is 0.681. The van der Waals surface area contributed by atoms with E-state index in [4.69, 9.17) is 0 Å². The molecule has 1 heterocycles. The van der Waals surface area contributed by atoms with E-state index in [1.165, 1.54) is 0 Å². The lowest BCUT2D eigenvalue weighted by atomic mass is 10.1. The van der Waals surface area contributed by atoms with E-state index in [9.17, 15) is 0 Å².